The molecular formula is C19H22N2O2. The van der Waals surface area contributed by atoms with E-state index >= 15 is 0 Å². The lowest BCUT2D eigenvalue weighted by atomic mass is 10.1. The molecule has 0 spiro atoms. The largest absolute Gasteiger partial charge is 0.507 e. The van der Waals surface area contributed by atoms with E-state index in [-0.39, 0.29) is 11.7 Å². The highest BCUT2D eigenvalue weighted by Crippen LogP contribution is 2.22. The van der Waals surface area contributed by atoms with E-state index in [1.165, 1.54) is 0 Å². The molecule has 0 radical (unpaired) electrons. The van der Waals surface area contributed by atoms with Crippen LogP contribution in [0, 0.1) is 6.92 Å². The van der Waals surface area contributed by atoms with E-state index in [1.54, 1.807) is 6.21 Å². The van der Waals surface area contributed by atoms with Crippen molar-refractivity contribution in [2.75, 3.05) is 5.32 Å². The molecule has 0 bridgehead atoms. The highest BCUT2D eigenvalue weighted by molar-refractivity contribution is 5.91. The van der Waals surface area contributed by atoms with Crippen LogP contribution in [0.25, 0.3) is 0 Å². The number of carbonyl (C=O) groups is 1. The minimum absolute atomic E-state index is 0.0179. The van der Waals surface area contributed by atoms with Gasteiger partial charge in [-0.25, -0.2) is 0 Å². The zero-order valence-corrected chi connectivity index (χ0v) is 13.5. The molecule has 0 unspecified atom stereocenters. The number of aryl methyl sites for hydroxylation is 1. The van der Waals surface area contributed by atoms with Crippen molar-refractivity contribution < 1.29 is 9.90 Å². The number of amides is 1. The Kier molecular flexibility index (Phi) is 5.92. The predicted molar refractivity (Wildman–Crippen MR) is 94.7 cm³/mol. The van der Waals surface area contributed by atoms with Gasteiger partial charge in [0.15, 0.2) is 0 Å². The van der Waals surface area contributed by atoms with Crippen molar-refractivity contribution >= 4 is 23.5 Å². The molecule has 120 valence electrons. The molecule has 0 aliphatic heterocycles. The van der Waals surface area contributed by atoms with Gasteiger partial charge in [0.25, 0.3) is 0 Å². The van der Waals surface area contributed by atoms with E-state index in [2.05, 4.69) is 17.2 Å². The van der Waals surface area contributed by atoms with Gasteiger partial charge in [0.05, 0.1) is 5.69 Å². The number of nitrogens with one attached hydrogen (secondary N) is 1. The van der Waals surface area contributed by atoms with Gasteiger partial charge < -0.3 is 10.4 Å². The van der Waals surface area contributed by atoms with Crippen LogP contribution in [-0.4, -0.2) is 17.2 Å². The van der Waals surface area contributed by atoms with Gasteiger partial charge in [-0.05, 0) is 43.2 Å². The van der Waals surface area contributed by atoms with E-state index < -0.39 is 0 Å². The van der Waals surface area contributed by atoms with Crippen LogP contribution in [0.1, 0.15) is 37.3 Å². The number of nitrogens with zero attached hydrogens (tertiary/aromatic N) is 1. The summed E-state index contributed by atoms with van der Waals surface area (Å²) in [6, 6.07) is 12.9. The predicted octanol–water partition coefficient (Wildman–Crippen LogP) is 4.58. The first-order chi connectivity index (χ1) is 11.1. The number of aromatic hydroxyl groups is 1. The summed E-state index contributed by atoms with van der Waals surface area (Å²) in [5, 5.41) is 12.9. The number of carbonyl (C=O) groups excluding carboxylic acids is 1. The molecule has 2 N–H and O–H groups in total. The molecule has 0 saturated heterocycles. The fraction of sp³-hybridized carbons (Fsp3) is 0.263. The average Bonchev–Trinajstić information content (AvgIpc) is 2.54. The lowest BCUT2D eigenvalue weighted by Crippen LogP contribution is -2.10. The maximum atomic E-state index is 11.8. The van der Waals surface area contributed by atoms with Crippen molar-refractivity contribution in [3.05, 3.63) is 53.6 Å². The lowest BCUT2D eigenvalue weighted by molar-refractivity contribution is -0.116. The molecule has 1 amide bonds. The van der Waals surface area contributed by atoms with Gasteiger partial charge in [0.1, 0.15) is 5.75 Å². The van der Waals surface area contributed by atoms with Crippen LogP contribution >= 0.6 is 0 Å². The number of phenols is 1. The highest BCUT2D eigenvalue weighted by Gasteiger charge is 2.03. The number of aliphatic imine (C=N–C) groups is 1. The van der Waals surface area contributed by atoms with E-state index in [9.17, 15) is 9.90 Å². The van der Waals surface area contributed by atoms with Crippen molar-refractivity contribution in [2.45, 2.75) is 33.1 Å². The molecule has 0 saturated carbocycles. The second-order valence-corrected chi connectivity index (χ2v) is 5.47. The summed E-state index contributed by atoms with van der Waals surface area (Å²) < 4.78 is 0. The van der Waals surface area contributed by atoms with E-state index in [1.807, 2.05) is 49.4 Å². The molecule has 0 aromatic heterocycles. The lowest BCUT2D eigenvalue weighted by Gasteiger charge is -2.05. The minimum Gasteiger partial charge on any atom is -0.507 e. The molecule has 4 heteroatoms. The second kappa shape index (κ2) is 8.13. The Balaban J connectivity index is 2.09. The first-order valence-corrected chi connectivity index (χ1v) is 7.82. The molecule has 2 aromatic carbocycles. The molecule has 0 fully saturated rings. The molecule has 2 rings (SSSR count). The third kappa shape index (κ3) is 4.95. The van der Waals surface area contributed by atoms with E-state index in [0.717, 1.165) is 29.8 Å². The highest BCUT2D eigenvalue weighted by atomic mass is 16.3. The summed E-state index contributed by atoms with van der Waals surface area (Å²) in [4.78, 5) is 16.1. The van der Waals surface area contributed by atoms with Crippen LogP contribution in [0.3, 0.4) is 0 Å². The summed E-state index contributed by atoms with van der Waals surface area (Å²) in [5.74, 6) is 0.254. The van der Waals surface area contributed by atoms with E-state index in [4.69, 9.17) is 0 Å². The Bertz CT molecular complexity index is 708. The fourth-order valence-corrected chi connectivity index (χ4v) is 2.15. The SMILES string of the molecule is CCCCC(=O)Nc1cccc(N=Cc2cccc(C)c2O)c1. The van der Waals surface area contributed by atoms with Crippen LogP contribution in [-0.2, 0) is 4.79 Å². The van der Waals surface area contributed by atoms with Crippen LogP contribution in [0.4, 0.5) is 11.4 Å². The van der Waals surface area contributed by atoms with Gasteiger partial charge in [-0.3, -0.25) is 9.79 Å². The van der Waals surface area contributed by atoms with E-state index in [0.29, 0.717) is 12.0 Å². The topological polar surface area (TPSA) is 61.7 Å². The quantitative estimate of drug-likeness (QED) is 0.767. The normalized spacial score (nSPS) is 10.9. The molecule has 0 atom stereocenters. The van der Waals surface area contributed by atoms with Crippen molar-refractivity contribution in [3.8, 4) is 5.75 Å². The Hall–Kier alpha value is -2.62. The molecule has 4 nitrogen and oxygen atoms in total. The Labute approximate surface area is 136 Å². The van der Waals surface area contributed by atoms with Gasteiger partial charge in [0, 0.05) is 23.9 Å². The standard InChI is InChI=1S/C19H22N2O2/c1-3-4-11-18(22)21-17-10-6-9-16(12-17)20-13-15-8-5-7-14(2)19(15)23/h5-10,12-13,23H,3-4,11H2,1-2H3,(H,21,22). The summed E-state index contributed by atoms with van der Waals surface area (Å²) in [6.45, 7) is 3.91. The number of phenolic OH excluding ortho intramolecular Hbond substituents is 1. The maximum Gasteiger partial charge on any atom is 0.224 e. The minimum atomic E-state index is 0.0179. The van der Waals surface area contributed by atoms with Crippen LogP contribution in [0.15, 0.2) is 47.5 Å². The Morgan fingerprint density at radius 2 is 2.04 bits per heavy atom. The van der Waals surface area contributed by atoms with Crippen LogP contribution in [0.2, 0.25) is 0 Å². The monoisotopic (exact) mass is 310 g/mol. The number of hydrogen-bond acceptors (Lipinski definition) is 3. The van der Waals surface area contributed by atoms with Crippen molar-refractivity contribution in [1.29, 1.82) is 0 Å². The number of hydrogen-bond donors (Lipinski definition) is 2. The van der Waals surface area contributed by atoms with Crippen molar-refractivity contribution in [2.24, 2.45) is 4.99 Å². The zero-order chi connectivity index (χ0) is 16.7. The van der Waals surface area contributed by atoms with Crippen LogP contribution in [0.5, 0.6) is 5.75 Å². The van der Waals surface area contributed by atoms with Crippen molar-refractivity contribution in [1.82, 2.24) is 0 Å². The smallest absolute Gasteiger partial charge is 0.224 e. The fourth-order valence-electron chi connectivity index (χ4n) is 2.15. The van der Waals surface area contributed by atoms with Gasteiger partial charge in [-0.2, -0.15) is 0 Å². The summed E-state index contributed by atoms with van der Waals surface area (Å²) in [5.41, 5.74) is 2.93. The molecule has 0 aliphatic rings. The average molecular weight is 310 g/mol. The number of rotatable bonds is 6. The molecule has 2 aromatic rings. The second-order valence-electron chi connectivity index (χ2n) is 5.47. The Morgan fingerprint density at radius 1 is 1.26 bits per heavy atom. The molecule has 23 heavy (non-hydrogen) atoms. The van der Waals surface area contributed by atoms with Crippen molar-refractivity contribution in [3.63, 3.8) is 0 Å². The van der Waals surface area contributed by atoms with Gasteiger partial charge >= 0.3 is 0 Å². The van der Waals surface area contributed by atoms with Gasteiger partial charge in [0.2, 0.25) is 5.91 Å². The molecule has 0 aliphatic carbocycles. The van der Waals surface area contributed by atoms with Crippen LogP contribution < -0.4 is 5.32 Å². The number of benzene rings is 2. The summed E-state index contributed by atoms with van der Waals surface area (Å²) in [7, 11) is 0. The molecule has 0 heterocycles. The molecular weight excluding hydrogens is 288 g/mol. The zero-order valence-electron chi connectivity index (χ0n) is 13.5. The number of unbranched alkanes of at least 4 members (excludes halogenated alkanes) is 1. The third-order valence-electron chi connectivity index (χ3n) is 3.51. The number of para-hydroxylation sites is 1. The Morgan fingerprint density at radius 3 is 2.83 bits per heavy atom. The van der Waals surface area contributed by atoms with Gasteiger partial charge in [-0.15, -0.1) is 0 Å². The third-order valence-corrected chi connectivity index (χ3v) is 3.51. The first-order valence-electron chi connectivity index (χ1n) is 7.82. The summed E-state index contributed by atoms with van der Waals surface area (Å²) in [6.07, 6.45) is 4.04. The summed E-state index contributed by atoms with van der Waals surface area (Å²) >= 11 is 0. The first kappa shape index (κ1) is 16.7. The number of anilines is 1. The maximum absolute atomic E-state index is 11.8. The van der Waals surface area contributed by atoms with Gasteiger partial charge in [-0.1, -0.05) is 31.5 Å².